The number of nitrogens with zero attached hydrogens (tertiary/aromatic N) is 1. The van der Waals surface area contributed by atoms with E-state index in [9.17, 15) is 0 Å². The summed E-state index contributed by atoms with van der Waals surface area (Å²) in [6.45, 7) is 15.8. The maximum absolute atomic E-state index is 5.90. The monoisotopic (exact) mass is 268 g/mol. The molecule has 1 saturated carbocycles. The Kier molecular flexibility index (Phi) is 4.59. The molecule has 2 aliphatic rings. The molecule has 1 saturated heterocycles. The SMILES string of the molecule is CC(C)(CNC(C)(C)C)CN1CCOC2CCCC21. The number of hydrogen-bond donors (Lipinski definition) is 1. The van der Waals surface area contributed by atoms with E-state index in [4.69, 9.17) is 4.74 Å². The zero-order valence-corrected chi connectivity index (χ0v) is 13.5. The predicted molar refractivity (Wildman–Crippen MR) is 80.5 cm³/mol. The molecule has 0 spiro atoms. The fourth-order valence-electron chi connectivity index (χ4n) is 3.31. The van der Waals surface area contributed by atoms with Gasteiger partial charge in [0.2, 0.25) is 0 Å². The van der Waals surface area contributed by atoms with Gasteiger partial charge >= 0.3 is 0 Å². The molecule has 0 aromatic heterocycles. The molecular weight excluding hydrogens is 236 g/mol. The van der Waals surface area contributed by atoms with E-state index in [2.05, 4.69) is 44.8 Å². The Bertz CT molecular complexity index is 296. The third kappa shape index (κ3) is 4.44. The highest BCUT2D eigenvalue weighted by Crippen LogP contribution is 2.31. The molecule has 1 N–H and O–H groups in total. The summed E-state index contributed by atoms with van der Waals surface area (Å²) in [5.74, 6) is 0. The predicted octanol–water partition coefficient (Wildman–Crippen LogP) is 2.65. The van der Waals surface area contributed by atoms with Crippen molar-refractivity contribution in [2.45, 2.75) is 71.6 Å². The Morgan fingerprint density at radius 1 is 1.16 bits per heavy atom. The molecule has 2 unspecified atom stereocenters. The topological polar surface area (TPSA) is 24.5 Å². The van der Waals surface area contributed by atoms with Crippen LogP contribution >= 0.6 is 0 Å². The van der Waals surface area contributed by atoms with Crippen LogP contribution in [-0.4, -0.2) is 48.8 Å². The van der Waals surface area contributed by atoms with Crippen LogP contribution in [0.3, 0.4) is 0 Å². The number of hydrogen-bond acceptors (Lipinski definition) is 3. The Balaban J connectivity index is 1.87. The van der Waals surface area contributed by atoms with Crippen molar-refractivity contribution in [3.05, 3.63) is 0 Å². The van der Waals surface area contributed by atoms with Gasteiger partial charge in [-0.1, -0.05) is 13.8 Å². The average molecular weight is 268 g/mol. The number of rotatable bonds is 4. The summed E-state index contributed by atoms with van der Waals surface area (Å²) in [6, 6.07) is 0.683. The highest BCUT2D eigenvalue weighted by Gasteiger charge is 2.38. The number of nitrogens with one attached hydrogen (secondary N) is 1. The molecule has 0 aromatic carbocycles. The first kappa shape index (κ1) is 15.3. The second-order valence-corrected chi connectivity index (χ2v) is 8.15. The zero-order chi connectivity index (χ0) is 14.1. The van der Waals surface area contributed by atoms with Gasteiger partial charge in [-0.3, -0.25) is 4.90 Å². The smallest absolute Gasteiger partial charge is 0.0730 e. The standard InChI is InChI=1S/C16H32N2O/c1-15(2,3)17-11-16(4,5)12-18-9-10-19-14-8-6-7-13(14)18/h13-14,17H,6-12H2,1-5H3. The molecule has 3 nitrogen and oxygen atoms in total. The first-order chi connectivity index (χ1) is 8.77. The van der Waals surface area contributed by atoms with E-state index in [-0.39, 0.29) is 5.54 Å². The van der Waals surface area contributed by atoms with Gasteiger partial charge < -0.3 is 10.1 Å². The fourth-order valence-corrected chi connectivity index (χ4v) is 3.31. The highest BCUT2D eigenvalue weighted by molar-refractivity contribution is 4.92. The van der Waals surface area contributed by atoms with Crippen molar-refractivity contribution in [1.29, 1.82) is 0 Å². The minimum atomic E-state index is 0.207. The lowest BCUT2D eigenvalue weighted by molar-refractivity contribution is -0.0660. The minimum absolute atomic E-state index is 0.207. The quantitative estimate of drug-likeness (QED) is 0.848. The van der Waals surface area contributed by atoms with E-state index in [0.29, 0.717) is 17.6 Å². The molecule has 1 aliphatic heterocycles. The van der Waals surface area contributed by atoms with Crippen LogP contribution in [0.4, 0.5) is 0 Å². The van der Waals surface area contributed by atoms with Crippen molar-refractivity contribution in [2.24, 2.45) is 5.41 Å². The van der Waals surface area contributed by atoms with Gasteiger partial charge in [0, 0.05) is 31.2 Å². The van der Waals surface area contributed by atoms with Crippen LogP contribution in [0.1, 0.15) is 53.9 Å². The van der Waals surface area contributed by atoms with Gasteiger partial charge in [-0.05, 0) is 45.4 Å². The van der Waals surface area contributed by atoms with Gasteiger partial charge in [-0.15, -0.1) is 0 Å². The van der Waals surface area contributed by atoms with Gasteiger partial charge in [0.25, 0.3) is 0 Å². The molecule has 2 rings (SSSR count). The lowest BCUT2D eigenvalue weighted by Gasteiger charge is -2.42. The van der Waals surface area contributed by atoms with Crippen molar-refractivity contribution in [3.63, 3.8) is 0 Å². The Hall–Kier alpha value is -0.120. The molecule has 2 atom stereocenters. The molecule has 0 bridgehead atoms. The largest absolute Gasteiger partial charge is 0.375 e. The van der Waals surface area contributed by atoms with Gasteiger partial charge in [-0.25, -0.2) is 0 Å². The number of morpholine rings is 1. The lowest BCUT2D eigenvalue weighted by Crippen LogP contribution is -2.53. The number of ether oxygens (including phenoxy) is 1. The van der Waals surface area contributed by atoms with Crippen LogP contribution in [0.25, 0.3) is 0 Å². The fraction of sp³-hybridized carbons (Fsp3) is 1.00. The van der Waals surface area contributed by atoms with Crippen molar-refractivity contribution in [1.82, 2.24) is 10.2 Å². The molecule has 0 radical (unpaired) electrons. The molecule has 1 aliphatic carbocycles. The first-order valence-electron chi connectivity index (χ1n) is 7.88. The number of fused-ring (bicyclic) bond motifs is 1. The molecule has 3 heteroatoms. The maximum Gasteiger partial charge on any atom is 0.0730 e. The molecule has 1 heterocycles. The Morgan fingerprint density at radius 2 is 1.89 bits per heavy atom. The van der Waals surface area contributed by atoms with E-state index >= 15 is 0 Å². The van der Waals surface area contributed by atoms with Crippen LogP contribution in [0.2, 0.25) is 0 Å². The van der Waals surface area contributed by atoms with Crippen LogP contribution < -0.4 is 5.32 Å². The second kappa shape index (κ2) is 5.71. The maximum atomic E-state index is 5.90. The van der Waals surface area contributed by atoms with Crippen LogP contribution in [0, 0.1) is 5.41 Å². The normalized spacial score (nSPS) is 29.5. The molecule has 2 fully saturated rings. The third-order valence-corrected chi connectivity index (χ3v) is 4.33. The summed E-state index contributed by atoms with van der Waals surface area (Å²) in [5, 5.41) is 3.65. The molecule has 0 amide bonds. The molecular formula is C16H32N2O. The van der Waals surface area contributed by atoms with Crippen LogP contribution in [0.15, 0.2) is 0 Å². The highest BCUT2D eigenvalue weighted by atomic mass is 16.5. The van der Waals surface area contributed by atoms with E-state index < -0.39 is 0 Å². The zero-order valence-electron chi connectivity index (χ0n) is 13.5. The van der Waals surface area contributed by atoms with Crippen LogP contribution in [-0.2, 0) is 4.74 Å². The Morgan fingerprint density at radius 3 is 2.58 bits per heavy atom. The summed E-state index contributed by atoms with van der Waals surface area (Å²) in [4.78, 5) is 2.69. The van der Waals surface area contributed by atoms with Crippen LogP contribution in [0.5, 0.6) is 0 Å². The first-order valence-corrected chi connectivity index (χ1v) is 7.88. The Labute approximate surface area is 119 Å². The molecule has 112 valence electrons. The van der Waals surface area contributed by atoms with E-state index in [1.54, 1.807) is 0 Å². The molecule has 0 aromatic rings. The van der Waals surface area contributed by atoms with Gasteiger partial charge in [-0.2, -0.15) is 0 Å². The minimum Gasteiger partial charge on any atom is -0.375 e. The summed E-state index contributed by atoms with van der Waals surface area (Å²) in [5.41, 5.74) is 0.524. The molecule has 19 heavy (non-hydrogen) atoms. The second-order valence-electron chi connectivity index (χ2n) is 8.15. The summed E-state index contributed by atoms with van der Waals surface area (Å²) < 4.78 is 5.90. The van der Waals surface area contributed by atoms with E-state index in [1.165, 1.54) is 25.8 Å². The van der Waals surface area contributed by atoms with Crippen molar-refractivity contribution in [2.75, 3.05) is 26.2 Å². The van der Waals surface area contributed by atoms with E-state index in [0.717, 1.165) is 19.7 Å². The lowest BCUT2D eigenvalue weighted by atomic mass is 9.90. The third-order valence-electron chi connectivity index (χ3n) is 4.33. The average Bonchev–Trinajstić information content (AvgIpc) is 2.74. The van der Waals surface area contributed by atoms with Gasteiger partial charge in [0.05, 0.1) is 12.7 Å². The van der Waals surface area contributed by atoms with Gasteiger partial charge in [0.15, 0.2) is 0 Å². The van der Waals surface area contributed by atoms with Crippen molar-refractivity contribution >= 4 is 0 Å². The van der Waals surface area contributed by atoms with Gasteiger partial charge in [0.1, 0.15) is 0 Å². The van der Waals surface area contributed by atoms with E-state index in [1.807, 2.05) is 0 Å². The van der Waals surface area contributed by atoms with Crippen molar-refractivity contribution in [3.8, 4) is 0 Å². The summed E-state index contributed by atoms with van der Waals surface area (Å²) in [6.07, 6.45) is 4.45. The summed E-state index contributed by atoms with van der Waals surface area (Å²) >= 11 is 0. The summed E-state index contributed by atoms with van der Waals surface area (Å²) in [7, 11) is 0. The van der Waals surface area contributed by atoms with Crippen molar-refractivity contribution < 1.29 is 4.74 Å².